The normalized spacial score (nSPS) is 15.5. The molecule has 3 aromatic heterocycles. The lowest BCUT2D eigenvalue weighted by atomic mass is 9.93. The number of nitrogens with zero attached hydrogens (tertiary/aromatic N) is 3. The summed E-state index contributed by atoms with van der Waals surface area (Å²) in [6.45, 7) is 2.90. The van der Waals surface area contributed by atoms with Crippen LogP contribution in [0.3, 0.4) is 0 Å². The van der Waals surface area contributed by atoms with E-state index in [4.69, 9.17) is 17.3 Å². The van der Waals surface area contributed by atoms with Gasteiger partial charge in [0.2, 0.25) is 0 Å². The van der Waals surface area contributed by atoms with Gasteiger partial charge in [-0.2, -0.15) is 0 Å². The van der Waals surface area contributed by atoms with E-state index in [9.17, 15) is 0 Å². The lowest BCUT2D eigenvalue weighted by Gasteiger charge is -2.28. The summed E-state index contributed by atoms with van der Waals surface area (Å²) in [7, 11) is 2.19. The second-order valence-corrected chi connectivity index (χ2v) is 8.86. The topological polar surface area (TPSA) is 61.8 Å². The molecule has 0 radical (unpaired) electrons. The number of aromatic amines is 1. The number of H-pyrrole nitrogens is 1. The highest BCUT2D eigenvalue weighted by molar-refractivity contribution is 6.33. The predicted molar refractivity (Wildman–Crippen MR) is 126 cm³/mol. The lowest BCUT2D eigenvalue weighted by molar-refractivity contribution is -0.662. The molecule has 158 valence electrons. The summed E-state index contributed by atoms with van der Waals surface area (Å²) in [5.41, 5.74) is 11.7. The number of rotatable bonds is 4. The summed E-state index contributed by atoms with van der Waals surface area (Å²) in [6, 6.07) is 18.4. The van der Waals surface area contributed by atoms with Crippen LogP contribution < -0.4 is 10.3 Å². The number of hydrogen-bond acceptors (Lipinski definition) is 3. The Morgan fingerprint density at radius 2 is 1.90 bits per heavy atom. The first-order valence-electron chi connectivity index (χ1n) is 10.8. The van der Waals surface area contributed by atoms with Gasteiger partial charge in [-0.05, 0) is 56.7 Å². The summed E-state index contributed by atoms with van der Waals surface area (Å²) in [4.78, 5) is 10.6. The van der Waals surface area contributed by atoms with Gasteiger partial charge in [0.05, 0.1) is 5.02 Å². The highest BCUT2D eigenvalue weighted by Gasteiger charge is 2.24. The van der Waals surface area contributed by atoms with E-state index in [1.165, 1.54) is 11.3 Å². The van der Waals surface area contributed by atoms with Crippen molar-refractivity contribution in [2.45, 2.75) is 25.3 Å². The SMILES string of the molecule is CN1CCC(c2cc3c(-c4c(Cl)ccc(N)[n+]4Cc4ccccc4)ccnc3[nH]2)CC1. The first-order valence-corrected chi connectivity index (χ1v) is 11.2. The number of halogens is 1. The average molecular weight is 433 g/mol. The van der Waals surface area contributed by atoms with Crippen molar-refractivity contribution < 1.29 is 4.57 Å². The molecule has 0 amide bonds. The number of nitrogen functional groups attached to an aromatic ring is 1. The molecule has 3 N–H and O–H groups in total. The van der Waals surface area contributed by atoms with Gasteiger partial charge in [0, 0.05) is 34.8 Å². The molecule has 1 aliphatic rings. The Labute approximate surface area is 187 Å². The fraction of sp³-hybridized carbons (Fsp3) is 0.280. The van der Waals surface area contributed by atoms with Crippen LogP contribution in [0.4, 0.5) is 5.82 Å². The number of anilines is 1. The molecule has 0 spiro atoms. The fourth-order valence-electron chi connectivity index (χ4n) is 4.59. The van der Waals surface area contributed by atoms with Gasteiger partial charge >= 0.3 is 0 Å². The van der Waals surface area contributed by atoms with Gasteiger partial charge in [-0.25, -0.2) is 9.55 Å². The third-order valence-electron chi connectivity index (χ3n) is 6.36. The van der Waals surface area contributed by atoms with Crippen LogP contribution in [0, 0.1) is 0 Å². The van der Waals surface area contributed by atoms with Crippen molar-refractivity contribution >= 4 is 28.5 Å². The smallest absolute Gasteiger partial charge is 0.273 e. The molecule has 4 aromatic rings. The molecule has 0 saturated carbocycles. The zero-order valence-corrected chi connectivity index (χ0v) is 18.4. The molecule has 5 nitrogen and oxygen atoms in total. The molecule has 0 atom stereocenters. The molecule has 5 rings (SSSR count). The molecular formula is C25H27ClN5+. The number of benzene rings is 1. The molecule has 6 heteroatoms. The number of hydrogen-bond donors (Lipinski definition) is 2. The van der Waals surface area contributed by atoms with Crippen LogP contribution in [0.15, 0.2) is 60.8 Å². The Kier molecular flexibility index (Phi) is 5.38. The standard InChI is InChI=1S/C25H26ClN5/c1-30-13-10-18(11-14-30)22-15-20-19(9-12-28-25(20)29-22)24-21(26)7-8-23(27)31(24)16-17-5-3-2-4-6-17/h2-9,12,15,18H,10-11,13-14,16H2,1H3,(H2,27,28,29)/p+1. The molecule has 1 fully saturated rings. The Morgan fingerprint density at radius 3 is 2.68 bits per heavy atom. The lowest BCUT2D eigenvalue weighted by Crippen LogP contribution is -2.40. The van der Waals surface area contributed by atoms with E-state index in [0.717, 1.165) is 48.2 Å². The maximum Gasteiger partial charge on any atom is 0.273 e. The zero-order valence-electron chi connectivity index (χ0n) is 17.7. The molecule has 0 bridgehead atoms. The van der Waals surface area contributed by atoms with Crippen molar-refractivity contribution in [3.05, 3.63) is 77.1 Å². The van der Waals surface area contributed by atoms with E-state index in [1.807, 2.05) is 42.6 Å². The molecular weight excluding hydrogens is 406 g/mol. The Balaban J connectivity index is 1.62. The van der Waals surface area contributed by atoms with Crippen LogP contribution in [-0.2, 0) is 6.54 Å². The summed E-state index contributed by atoms with van der Waals surface area (Å²) in [5.74, 6) is 1.21. The van der Waals surface area contributed by atoms with Crippen molar-refractivity contribution in [2.24, 2.45) is 0 Å². The monoisotopic (exact) mass is 432 g/mol. The number of nitrogens with two attached hydrogens (primary N) is 1. The highest BCUT2D eigenvalue weighted by atomic mass is 35.5. The highest BCUT2D eigenvalue weighted by Crippen LogP contribution is 2.35. The van der Waals surface area contributed by atoms with E-state index in [-0.39, 0.29) is 0 Å². The first kappa shape index (κ1) is 20.0. The summed E-state index contributed by atoms with van der Waals surface area (Å²) in [5, 5.41) is 1.77. The fourth-order valence-corrected chi connectivity index (χ4v) is 4.86. The Morgan fingerprint density at radius 1 is 1.13 bits per heavy atom. The quantitative estimate of drug-likeness (QED) is 0.463. The second-order valence-electron chi connectivity index (χ2n) is 8.45. The van der Waals surface area contributed by atoms with Crippen LogP contribution in [0.2, 0.25) is 5.02 Å². The third-order valence-corrected chi connectivity index (χ3v) is 6.66. The number of aromatic nitrogens is 3. The van der Waals surface area contributed by atoms with E-state index in [0.29, 0.717) is 23.3 Å². The Hall–Kier alpha value is -2.89. The summed E-state index contributed by atoms with van der Waals surface area (Å²) >= 11 is 6.76. The molecule has 1 aliphatic heterocycles. The van der Waals surface area contributed by atoms with Crippen LogP contribution in [0.1, 0.15) is 30.0 Å². The van der Waals surface area contributed by atoms with E-state index in [1.54, 1.807) is 0 Å². The third kappa shape index (κ3) is 3.91. The van der Waals surface area contributed by atoms with Gasteiger partial charge in [-0.3, -0.25) is 5.73 Å². The van der Waals surface area contributed by atoms with Crippen LogP contribution in [0.5, 0.6) is 0 Å². The minimum atomic E-state index is 0.533. The van der Waals surface area contributed by atoms with Gasteiger partial charge in [0.15, 0.2) is 5.69 Å². The summed E-state index contributed by atoms with van der Waals surface area (Å²) in [6.07, 6.45) is 4.16. The van der Waals surface area contributed by atoms with Crippen molar-refractivity contribution in [1.82, 2.24) is 14.9 Å². The number of nitrogens with one attached hydrogen (secondary N) is 1. The van der Waals surface area contributed by atoms with Gasteiger partial charge < -0.3 is 9.88 Å². The van der Waals surface area contributed by atoms with Gasteiger partial charge in [-0.15, -0.1) is 0 Å². The molecule has 1 saturated heterocycles. The first-order chi connectivity index (χ1) is 15.1. The van der Waals surface area contributed by atoms with Crippen molar-refractivity contribution in [1.29, 1.82) is 0 Å². The van der Waals surface area contributed by atoms with Gasteiger partial charge in [0.1, 0.15) is 12.2 Å². The molecule has 4 heterocycles. The minimum absolute atomic E-state index is 0.533. The van der Waals surface area contributed by atoms with Gasteiger partial charge in [0.25, 0.3) is 5.82 Å². The minimum Gasteiger partial charge on any atom is -0.343 e. The van der Waals surface area contributed by atoms with E-state index in [2.05, 4.69) is 44.7 Å². The second kappa shape index (κ2) is 8.33. The molecule has 0 unspecified atom stereocenters. The van der Waals surface area contributed by atoms with Gasteiger partial charge in [-0.1, -0.05) is 41.9 Å². The van der Waals surface area contributed by atoms with E-state index >= 15 is 0 Å². The number of pyridine rings is 2. The maximum atomic E-state index is 6.76. The van der Waals surface area contributed by atoms with E-state index < -0.39 is 0 Å². The largest absolute Gasteiger partial charge is 0.343 e. The molecule has 0 aliphatic carbocycles. The summed E-state index contributed by atoms with van der Waals surface area (Å²) < 4.78 is 2.09. The molecule has 1 aromatic carbocycles. The number of fused-ring (bicyclic) bond motifs is 1. The average Bonchev–Trinajstić information content (AvgIpc) is 3.22. The van der Waals surface area contributed by atoms with Crippen LogP contribution in [0.25, 0.3) is 22.3 Å². The van der Waals surface area contributed by atoms with Crippen molar-refractivity contribution in [3.63, 3.8) is 0 Å². The number of piperidine rings is 1. The maximum absolute atomic E-state index is 6.76. The zero-order chi connectivity index (χ0) is 21.4. The molecule has 31 heavy (non-hydrogen) atoms. The van der Waals surface area contributed by atoms with Crippen molar-refractivity contribution in [3.8, 4) is 11.3 Å². The Bertz CT molecular complexity index is 1210. The van der Waals surface area contributed by atoms with Crippen molar-refractivity contribution in [2.75, 3.05) is 25.9 Å². The number of likely N-dealkylation sites (tertiary alicyclic amines) is 1. The van der Waals surface area contributed by atoms with Crippen LogP contribution >= 0.6 is 11.6 Å². The predicted octanol–water partition coefficient (Wildman–Crippen LogP) is 4.61. The van der Waals surface area contributed by atoms with Crippen LogP contribution in [-0.4, -0.2) is 35.0 Å².